The van der Waals surface area contributed by atoms with Crippen molar-refractivity contribution in [2.24, 2.45) is 0 Å². The number of ether oxygens (including phenoxy) is 1. The molecule has 0 unspecified atom stereocenters. The molecule has 0 atom stereocenters. The van der Waals surface area contributed by atoms with E-state index < -0.39 is 0 Å². The Morgan fingerprint density at radius 1 is 0.938 bits per heavy atom. The van der Waals surface area contributed by atoms with Gasteiger partial charge < -0.3 is 9.15 Å². The van der Waals surface area contributed by atoms with Crippen molar-refractivity contribution in [2.75, 3.05) is 0 Å². The molecule has 0 spiro atoms. The molecule has 4 heteroatoms. The van der Waals surface area contributed by atoms with Gasteiger partial charge in [-0.15, -0.1) is 0 Å². The Morgan fingerprint density at radius 2 is 1.62 bits per heavy atom. The molecule has 4 aromatic rings. The maximum absolute atomic E-state index is 13.5. The summed E-state index contributed by atoms with van der Waals surface area (Å²) in [5, 5.41) is 1.14. The van der Waals surface area contributed by atoms with Crippen molar-refractivity contribution < 1.29 is 9.15 Å². The molecule has 1 heterocycles. The van der Waals surface area contributed by atoms with Crippen LogP contribution in [0.25, 0.3) is 22.3 Å². The highest BCUT2D eigenvalue weighted by molar-refractivity contribution is 6.30. The summed E-state index contributed by atoms with van der Waals surface area (Å²) in [5.41, 5.74) is 5.41. The van der Waals surface area contributed by atoms with Gasteiger partial charge >= 0.3 is 0 Å². The first-order chi connectivity index (χ1) is 15.1. The molecule has 0 N–H and O–H groups in total. The maximum Gasteiger partial charge on any atom is 0.235 e. The average Bonchev–Trinajstić information content (AvgIpc) is 2.74. The summed E-state index contributed by atoms with van der Waals surface area (Å²) in [7, 11) is 0. The van der Waals surface area contributed by atoms with E-state index >= 15 is 0 Å². The van der Waals surface area contributed by atoms with Gasteiger partial charge in [0.25, 0.3) is 0 Å². The fourth-order valence-electron chi connectivity index (χ4n) is 3.66. The third-order valence-corrected chi connectivity index (χ3v) is 5.99. The Kier molecular flexibility index (Phi) is 5.87. The van der Waals surface area contributed by atoms with Gasteiger partial charge in [0, 0.05) is 10.6 Å². The molecule has 0 bridgehead atoms. The first-order valence-corrected chi connectivity index (χ1v) is 11.1. The van der Waals surface area contributed by atoms with Crippen molar-refractivity contribution in [2.45, 2.75) is 46.6 Å². The fourth-order valence-corrected chi connectivity index (χ4v) is 3.87. The van der Waals surface area contributed by atoms with E-state index in [0.717, 1.165) is 22.3 Å². The monoisotopic (exact) mass is 446 g/mol. The zero-order valence-electron chi connectivity index (χ0n) is 19.1. The number of fused-ring (bicyclic) bond motifs is 1. The molecular formula is C28H27ClO3. The van der Waals surface area contributed by atoms with Crippen LogP contribution in [0.1, 0.15) is 43.0 Å². The Hall–Kier alpha value is -3.04. The fraction of sp³-hybridized carbons (Fsp3) is 0.250. The number of benzene rings is 3. The average molecular weight is 447 g/mol. The molecule has 1 aromatic heterocycles. The number of rotatable bonds is 4. The molecule has 3 nitrogen and oxygen atoms in total. The van der Waals surface area contributed by atoms with Crippen molar-refractivity contribution in [3.05, 3.63) is 98.2 Å². The van der Waals surface area contributed by atoms with E-state index in [-0.39, 0.29) is 23.2 Å². The first kappa shape index (κ1) is 22.2. The molecule has 0 aliphatic carbocycles. The Labute approximate surface area is 193 Å². The Bertz CT molecular complexity index is 1340. The van der Waals surface area contributed by atoms with Crippen LogP contribution in [-0.4, -0.2) is 0 Å². The molecule has 0 saturated carbocycles. The van der Waals surface area contributed by atoms with Crippen molar-refractivity contribution >= 4 is 22.6 Å². The number of halogens is 1. The Balaban J connectivity index is 1.86. The van der Waals surface area contributed by atoms with Gasteiger partial charge in [0.05, 0.1) is 5.39 Å². The normalized spacial score (nSPS) is 11.7. The van der Waals surface area contributed by atoms with Gasteiger partial charge in [-0.25, -0.2) is 0 Å². The highest BCUT2D eigenvalue weighted by Crippen LogP contribution is 2.34. The SMILES string of the molecule is Cc1cc2oc(-c3ccc(C(C)(C)C)cc3)c(OCc3cccc(Cl)c3)c(=O)c2cc1C. The van der Waals surface area contributed by atoms with Crippen molar-refractivity contribution in [1.29, 1.82) is 0 Å². The van der Waals surface area contributed by atoms with E-state index in [9.17, 15) is 4.79 Å². The summed E-state index contributed by atoms with van der Waals surface area (Å²) < 4.78 is 12.4. The van der Waals surface area contributed by atoms with E-state index in [0.29, 0.717) is 21.8 Å². The zero-order chi connectivity index (χ0) is 23.0. The molecule has 0 aliphatic rings. The second-order valence-corrected chi connectivity index (χ2v) is 9.70. The van der Waals surface area contributed by atoms with Crippen molar-refractivity contribution in [3.8, 4) is 17.1 Å². The highest BCUT2D eigenvalue weighted by atomic mass is 35.5. The summed E-state index contributed by atoms with van der Waals surface area (Å²) in [6.07, 6.45) is 0. The highest BCUT2D eigenvalue weighted by Gasteiger charge is 2.20. The van der Waals surface area contributed by atoms with Crippen LogP contribution in [-0.2, 0) is 12.0 Å². The van der Waals surface area contributed by atoms with Crippen LogP contribution in [0.3, 0.4) is 0 Å². The second kappa shape index (κ2) is 8.48. The van der Waals surface area contributed by atoms with Crippen molar-refractivity contribution in [1.82, 2.24) is 0 Å². The van der Waals surface area contributed by atoms with Crippen LogP contribution in [0, 0.1) is 13.8 Å². The van der Waals surface area contributed by atoms with E-state index in [1.807, 2.05) is 62.4 Å². The lowest BCUT2D eigenvalue weighted by Crippen LogP contribution is -2.12. The van der Waals surface area contributed by atoms with Gasteiger partial charge in [-0.1, -0.05) is 68.8 Å². The minimum atomic E-state index is -0.175. The van der Waals surface area contributed by atoms with E-state index in [1.165, 1.54) is 5.56 Å². The number of hydrogen-bond donors (Lipinski definition) is 0. The summed E-state index contributed by atoms with van der Waals surface area (Å²) in [5.74, 6) is 0.650. The van der Waals surface area contributed by atoms with Crippen LogP contribution >= 0.6 is 11.6 Å². The predicted molar refractivity (Wildman–Crippen MR) is 132 cm³/mol. The molecule has 0 aliphatic heterocycles. The van der Waals surface area contributed by atoms with Crippen LogP contribution < -0.4 is 10.2 Å². The predicted octanol–water partition coefficient (Wildman–Crippen LogP) is 7.61. The van der Waals surface area contributed by atoms with Gasteiger partial charge in [0.15, 0.2) is 5.76 Å². The smallest absolute Gasteiger partial charge is 0.235 e. The van der Waals surface area contributed by atoms with Gasteiger partial charge in [-0.05, 0) is 65.8 Å². The summed E-state index contributed by atoms with van der Waals surface area (Å²) in [6.45, 7) is 10.7. The Morgan fingerprint density at radius 3 is 2.28 bits per heavy atom. The minimum absolute atomic E-state index is 0.0311. The van der Waals surface area contributed by atoms with Crippen molar-refractivity contribution in [3.63, 3.8) is 0 Å². The molecule has 4 rings (SSSR count). The zero-order valence-corrected chi connectivity index (χ0v) is 19.8. The van der Waals surface area contributed by atoms with E-state index in [2.05, 4.69) is 32.9 Å². The minimum Gasteiger partial charge on any atom is -0.481 e. The third-order valence-electron chi connectivity index (χ3n) is 5.75. The van der Waals surface area contributed by atoms with Gasteiger partial charge in [-0.3, -0.25) is 4.79 Å². The van der Waals surface area contributed by atoms with Gasteiger partial charge in [0.2, 0.25) is 11.2 Å². The molecule has 0 radical (unpaired) electrons. The lowest BCUT2D eigenvalue weighted by molar-refractivity contribution is 0.298. The lowest BCUT2D eigenvalue weighted by atomic mass is 9.86. The second-order valence-electron chi connectivity index (χ2n) is 9.27. The molecule has 0 fully saturated rings. The number of aryl methyl sites for hydroxylation is 2. The van der Waals surface area contributed by atoms with Crippen LogP contribution in [0.2, 0.25) is 5.02 Å². The molecule has 3 aromatic carbocycles. The molecular weight excluding hydrogens is 420 g/mol. The standard InChI is InChI=1S/C28H27ClO3/c1-17-13-23-24(14-18(17)2)32-26(20-9-11-21(12-10-20)28(3,4)5)27(25(23)30)31-16-19-7-6-8-22(29)15-19/h6-15H,16H2,1-5H3. The van der Waals surface area contributed by atoms with E-state index in [4.69, 9.17) is 20.8 Å². The summed E-state index contributed by atoms with van der Waals surface area (Å²) in [6, 6.07) is 19.3. The molecule has 0 saturated heterocycles. The van der Waals surface area contributed by atoms with Crippen LogP contribution in [0.5, 0.6) is 5.75 Å². The third kappa shape index (κ3) is 4.44. The van der Waals surface area contributed by atoms with Gasteiger partial charge in [-0.2, -0.15) is 0 Å². The summed E-state index contributed by atoms with van der Waals surface area (Å²) in [4.78, 5) is 13.5. The van der Waals surface area contributed by atoms with Crippen LogP contribution in [0.15, 0.2) is 69.9 Å². The quantitative estimate of drug-likeness (QED) is 0.324. The first-order valence-electron chi connectivity index (χ1n) is 10.7. The molecule has 32 heavy (non-hydrogen) atoms. The molecule has 164 valence electrons. The van der Waals surface area contributed by atoms with Gasteiger partial charge in [0.1, 0.15) is 12.2 Å². The summed E-state index contributed by atoms with van der Waals surface area (Å²) >= 11 is 6.11. The van der Waals surface area contributed by atoms with Crippen LogP contribution in [0.4, 0.5) is 0 Å². The topological polar surface area (TPSA) is 39.4 Å². The number of hydrogen-bond acceptors (Lipinski definition) is 3. The van der Waals surface area contributed by atoms with E-state index in [1.54, 1.807) is 0 Å². The largest absolute Gasteiger partial charge is 0.481 e. The lowest BCUT2D eigenvalue weighted by Gasteiger charge is -2.19. The molecule has 0 amide bonds. The maximum atomic E-state index is 13.5.